The number of nitrogens with two attached hydrogens (primary N) is 1. The summed E-state index contributed by atoms with van der Waals surface area (Å²) in [5.74, 6) is 0. The van der Waals surface area contributed by atoms with E-state index < -0.39 is 0 Å². The Labute approximate surface area is 98.5 Å². The summed E-state index contributed by atoms with van der Waals surface area (Å²) in [5, 5.41) is 8.42. The Hall–Kier alpha value is -2.14. The molecule has 1 atom stereocenters. The van der Waals surface area contributed by atoms with Crippen LogP contribution in [0.3, 0.4) is 0 Å². The Kier molecular flexibility index (Phi) is 2.19. The van der Waals surface area contributed by atoms with Gasteiger partial charge in [0.25, 0.3) is 0 Å². The fourth-order valence-corrected chi connectivity index (χ4v) is 1.97. The highest BCUT2D eigenvalue weighted by molar-refractivity contribution is 5.56. The van der Waals surface area contributed by atoms with Crippen molar-refractivity contribution in [1.29, 1.82) is 0 Å². The average Bonchev–Trinajstić information content (AvgIpc) is 2.94. The van der Waals surface area contributed by atoms with Crippen molar-refractivity contribution in [2.45, 2.75) is 6.04 Å². The van der Waals surface area contributed by atoms with Gasteiger partial charge in [0.2, 0.25) is 0 Å². The molecule has 0 bridgehead atoms. The molecular weight excluding hydrogens is 214 g/mol. The fourth-order valence-electron chi connectivity index (χ4n) is 1.97. The van der Waals surface area contributed by atoms with E-state index in [1.165, 1.54) is 0 Å². The van der Waals surface area contributed by atoms with Crippen molar-refractivity contribution in [2.75, 3.05) is 0 Å². The van der Waals surface area contributed by atoms with Gasteiger partial charge in [-0.1, -0.05) is 6.07 Å². The van der Waals surface area contributed by atoms with E-state index in [0.717, 1.165) is 16.6 Å². The van der Waals surface area contributed by atoms with Gasteiger partial charge in [0, 0.05) is 30.6 Å². The first kappa shape index (κ1) is 10.0. The van der Waals surface area contributed by atoms with Crippen molar-refractivity contribution >= 4 is 5.52 Å². The Morgan fingerprint density at radius 3 is 2.88 bits per heavy atom. The largest absolute Gasteiger partial charge is 0.320 e. The van der Waals surface area contributed by atoms with E-state index >= 15 is 0 Å². The third-order valence-electron chi connectivity index (χ3n) is 2.88. The molecule has 2 N–H and O–H groups in total. The number of fused-ring (bicyclic) bond motifs is 1. The topological polar surface area (TPSA) is 61.1 Å². The second-order valence-electron chi connectivity index (χ2n) is 4.06. The zero-order valence-electron chi connectivity index (χ0n) is 9.49. The Bertz CT molecular complexity index is 652. The zero-order valence-corrected chi connectivity index (χ0v) is 9.49. The molecule has 0 saturated heterocycles. The molecule has 1 unspecified atom stereocenters. The van der Waals surface area contributed by atoms with Crippen molar-refractivity contribution in [3.8, 4) is 0 Å². The summed E-state index contributed by atoms with van der Waals surface area (Å²) in [6.45, 7) is 0. The SMILES string of the molecule is Cn1cc(C(N)c2cnn3ccccc23)cn1. The number of pyridine rings is 1. The summed E-state index contributed by atoms with van der Waals surface area (Å²) < 4.78 is 3.58. The molecule has 0 aliphatic carbocycles. The van der Waals surface area contributed by atoms with Crippen molar-refractivity contribution < 1.29 is 0 Å². The number of aromatic nitrogens is 4. The molecule has 5 nitrogen and oxygen atoms in total. The number of hydrogen-bond acceptors (Lipinski definition) is 3. The molecule has 5 heteroatoms. The summed E-state index contributed by atoms with van der Waals surface area (Å²) in [5.41, 5.74) is 9.27. The summed E-state index contributed by atoms with van der Waals surface area (Å²) in [6, 6.07) is 5.75. The van der Waals surface area contributed by atoms with Gasteiger partial charge in [-0.05, 0) is 12.1 Å². The monoisotopic (exact) mass is 227 g/mol. The molecule has 3 aromatic heterocycles. The van der Waals surface area contributed by atoms with Crippen LogP contribution in [-0.4, -0.2) is 19.4 Å². The molecule has 0 aliphatic rings. The Morgan fingerprint density at radius 1 is 1.24 bits per heavy atom. The van der Waals surface area contributed by atoms with Crippen LogP contribution in [0.15, 0.2) is 43.0 Å². The van der Waals surface area contributed by atoms with Gasteiger partial charge in [-0.25, -0.2) is 4.52 Å². The van der Waals surface area contributed by atoms with Crippen LogP contribution < -0.4 is 5.73 Å². The lowest BCUT2D eigenvalue weighted by molar-refractivity contribution is 0.765. The van der Waals surface area contributed by atoms with E-state index in [4.69, 9.17) is 5.73 Å². The minimum atomic E-state index is -0.191. The van der Waals surface area contributed by atoms with E-state index in [2.05, 4.69) is 10.2 Å². The highest BCUT2D eigenvalue weighted by atomic mass is 15.2. The van der Waals surface area contributed by atoms with E-state index in [9.17, 15) is 0 Å². The maximum absolute atomic E-state index is 6.23. The van der Waals surface area contributed by atoms with Gasteiger partial charge in [-0.2, -0.15) is 10.2 Å². The molecule has 17 heavy (non-hydrogen) atoms. The zero-order chi connectivity index (χ0) is 11.8. The first-order chi connectivity index (χ1) is 8.25. The lowest BCUT2D eigenvalue weighted by Gasteiger charge is -2.07. The molecule has 0 aliphatic heterocycles. The predicted octanol–water partition coefficient (Wildman–Crippen LogP) is 1.12. The van der Waals surface area contributed by atoms with Crippen LogP contribution in [0, 0.1) is 0 Å². The molecule has 0 amide bonds. The van der Waals surface area contributed by atoms with Crippen LogP contribution in [0.25, 0.3) is 5.52 Å². The van der Waals surface area contributed by atoms with Crippen molar-refractivity contribution in [3.63, 3.8) is 0 Å². The van der Waals surface area contributed by atoms with Crippen LogP contribution in [0.4, 0.5) is 0 Å². The number of aryl methyl sites for hydroxylation is 1. The first-order valence-corrected chi connectivity index (χ1v) is 5.42. The van der Waals surface area contributed by atoms with Crippen molar-refractivity contribution in [3.05, 3.63) is 54.1 Å². The van der Waals surface area contributed by atoms with Crippen LogP contribution in [-0.2, 0) is 7.05 Å². The van der Waals surface area contributed by atoms with Gasteiger partial charge in [0.1, 0.15) is 0 Å². The van der Waals surface area contributed by atoms with E-state index in [0.29, 0.717) is 0 Å². The third-order valence-corrected chi connectivity index (χ3v) is 2.88. The molecule has 3 rings (SSSR count). The lowest BCUT2D eigenvalue weighted by atomic mass is 10.0. The summed E-state index contributed by atoms with van der Waals surface area (Å²) in [4.78, 5) is 0. The second kappa shape index (κ2) is 3.71. The maximum Gasteiger partial charge on any atom is 0.0712 e. The van der Waals surface area contributed by atoms with Crippen molar-refractivity contribution in [2.24, 2.45) is 12.8 Å². The van der Waals surface area contributed by atoms with Crippen LogP contribution in [0.5, 0.6) is 0 Å². The highest BCUT2D eigenvalue weighted by Gasteiger charge is 2.15. The van der Waals surface area contributed by atoms with Crippen molar-refractivity contribution in [1.82, 2.24) is 19.4 Å². The Balaban J connectivity index is 2.09. The average molecular weight is 227 g/mol. The van der Waals surface area contributed by atoms with Gasteiger partial charge >= 0.3 is 0 Å². The van der Waals surface area contributed by atoms with Gasteiger partial charge in [-0.15, -0.1) is 0 Å². The Morgan fingerprint density at radius 2 is 2.12 bits per heavy atom. The van der Waals surface area contributed by atoms with Gasteiger partial charge < -0.3 is 5.73 Å². The maximum atomic E-state index is 6.23. The molecule has 0 aromatic carbocycles. The van der Waals surface area contributed by atoms with Gasteiger partial charge in [-0.3, -0.25) is 4.68 Å². The van der Waals surface area contributed by atoms with Crippen LogP contribution in [0.1, 0.15) is 17.2 Å². The second-order valence-corrected chi connectivity index (χ2v) is 4.06. The molecule has 0 radical (unpaired) electrons. The molecule has 0 saturated carbocycles. The smallest absolute Gasteiger partial charge is 0.0712 e. The molecule has 3 heterocycles. The highest BCUT2D eigenvalue weighted by Crippen LogP contribution is 2.22. The van der Waals surface area contributed by atoms with Crippen LogP contribution in [0.2, 0.25) is 0 Å². The number of nitrogens with zero attached hydrogens (tertiary/aromatic N) is 4. The van der Waals surface area contributed by atoms with Crippen LogP contribution >= 0.6 is 0 Å². The quantitative estimate of drug-likeness (QED) is 0.713. The molecule has 0 spiro atoms. The summed E-state index contributed by atoms with van der Waals surface area (Å²) >= 11 is 0. The van der Waals surface area contributed by atoms with E-state index in [1.54, 1.807) is 10.9 Å². The lowest BCUT2D eigenvalue weighted by Crippen LogP contribution is -2.10. The van der Waals surface area contributed by atoms with Gasteiger partial charge in [0.15, 0.2) is 0 Å². The predicted molar refractivity (Wildman–Crippen MR) is 64.4 cm³/mol. The van der Waals surface area contributed by atoms with E-state index in [1.807, 2.05) is 48.4 Å². The minimum Gasteiger partial charge on any atom is -0.320 e. The molecule has 0 fully saturated rings. The molecule has 86 valence electrons. The first-order valence-electron chi connectivity index (χ1n) is 5.42. The molecule has 3 aromatic rings. The summed E-state index contributed by atoms with van der Waals surface area (Å²) in [6.07, 6.45) is 7.44. The minimum absolute atomic E-state index is 0.191. The standard InChI is InChI=1S/C12H13N5/c1-16-8-9(6-14-16)12(13)10-7-15-17-5-3-2-4-11(10)17/h2-8,12H,13H2,1H3. The number of rotatable bonds is 2. The normalized spacial score (nSPS) is 13.1. The molecular formula is C12H13N5. The fraction of sp³-hybridized carbons (Fsp3) is 0.167. The third kappa shape index (κ3) is 1.60. The summed E-state index contributed by atoms with van der Waals surface area (Å²) in [7, 11) is 1.88. The van der Waals surface area contributed by atoms with Gasteiger partial charge in [0.05, 0.1) is 24.0 Å². The number of hydrogen-bond donors (Lipinski definition) is 1. The van der Waals surface area contributed by atoms with E-state index in [-0.39, 0.29) is 6.04 Å².